The Morgan fingerprint density at radius 1 is 1.00 bits per heavy atom. The van der Waals surface area contributed by atoms with Crippen molar-refractivity contribution in [1.29, 1.82) is 0 Å². The van der Waals surface area contributed by atoms with Crippen molar-refractivity contribution in [3.63, 3.8) is 0 Å². The highest BCUT2D eigenvalue weighted by molar-refractivity contribution is 4.84. The molecule has 0 N–H and O–H groups in total. The van der Waals surface area contributed by atoms with E-state index in [-0.39, 0.29) is 0 Å². The Labute approximate surface area is 78.8 Å². The lowest BCUT2D eigenvalue weighted by molar-refractivity contribution is 0.575. The maximum absolute atomic E-state index is 2.32. The van der Waals surface area contributed by atoms with Gasteiger partial charge in [-0.25, -0.2) is 0 Å². The van der Waals surface area contributed by atoms with E-state index in [0.29, 0.717) is 0 Å². The van der Waals surface area contributed by atoms with Crippen molar-refractivity contribution < 1.29 is 0 Å². The Kier molecular flexibility index (Phi) is 7.64. The molecule has 74 valence electrons. The second-order valence-corrected chi connectivity index (χ2v) is 3.66. The van der Waals surface area contributed by atoms with Gasteiger partial charge in [-0.2, -0.15) is 0 Å². The van der Waals surface area contributed by atoms with Gasteiger partial charge in [0.2, 0.25) is 0 Å². The molecule has 2 atom stereocenters. The number of hydrogen-bond donors (Lipinski definition) is 0. The lowest BCUT2D eigenvalue weighted by Crippen LogP contribution is -1.81. The van der Waals surface area contributed by atoms with Crippen LogP contribution in [-0.4, -0.2) is 0 Å². The van der Waals surface area contributed by atoms with Gasteiger partial charge in [-0.1, -0.05) is 59.8 Å². The van der Waals surface area contributed by atoms with Crippen LogP contribution in [0.2, 0.25) is 0 Å². The van der Waals surface area contributed by atoms with Crippen LogP contribution in [0.4, 0.5) is 0 Å². The molecule has 1 fully saturated rings. The molecule has 0 aromatic rings. The Balaban J connectivity index is 0.000000561. The molecule has 1 rings (SSSR count). The summed E-state index contributed by atoms with van der Waals surface area (Å²) >= 11 is 0. The van der Waals surface area contributed by atoms with Crippen LogP contribution >= 0.6 is 0 Å². The minimum atomic E-state index is 1.12. The van der Waals surface area contributed by atoms with Gasteiger partial charge in [-0.05, 0) is 18.3 Å². The largest absolute Gasteiger partial charge is 0.0683 e. The first-order valence-corrected chi connectivity index (χ1v) is 5.88. The van der Waals surface area contributed by atoms with Gasteiger partial charge in [0, 0.05) is 0 Å². The Morgan fingerprint density at radius 3 is 2.08 bits per heavy atom. The predicted octanol–water partition coefficient (Wildman–Crippen LogP) is 4.64. The first kappa shape index (κ1) is 12.0. The zero-order valence-electron chi connectivity index (χ0n) is 9.40. The fraction of sp³-hybridized carbons (Fsp3) is 1.00. The zero-order chi connectivity index (χ0) is 9.40. The SMILES string of the molecule is CC.CCCCCC1CC1CC. The van der Waals surface area contributed by atoms with Gasteiger partial charge in [0.05, 0.1) is 0 Å². The second-order valence-electron chi connectivity index (χ2n) is 3.66. The lowest BCUT2D eigenvalue weighted by atomic mass is 10.1. The van der Waals surface area contributed by atoms with Gasteiger partial charge >= 0.3 is 0 Å². The molecule has 0 aliphatic heterocycles. The smallest absolute Gasteiger partial charge is 0.0383 e. The van der Waals surface area contributed by atoms with E-state index in [9.17, 15) is 0 Å². The standard InChI is InChI=1S/C10H20.C2H6/c1-3-5-6-7-10-8-9(10)4-2;1-2/h9-10H,3-8H2,1-2H3;1-2H3. The van der Waals surface area contributed by atoms with Crippen molar-refractivity contribution in [3.8, 4) is 0 Å². The van der Waals surface area contributed by atoms with Crippen LogP contribution in [0, 0.1) is 11.8 Å². The van der Waals surface area contributed by atoms with Crippen molar-refractivity contribution in [2.24, 2.45) is 11.8 Å². The molecule has 1 saturated carbocycles. The van der Waals surface area contributed by atoms with Crippen molar-refractivity contribution in [3.05, 3.63) is 0 Å². The highest BCUT2D eigenvalue weighted by Crippen LogP contribution is 2.44. The van der Waals surface area contributed by atoms with E-state index in [1.165, 1.54) is 32.1 Å². The quantitative estimate of drug-likeness (QED) is 0.527. The fourth-order valence-corrected chi connectivity index (χ4v) is 1.82. The van der Waals surface area contributed by atoms with Crippen LogP contribution in [0.15, 0.2) is 0 Å². The van der Waals surface area contributed by atoms with Crippen molar-refractivity contribution >= 4 is 0 Å². The van der Waals surface area contributed by atoms with E-state index in [2.05, 4.69) is 13.8 Å². The summed E-state index contributed by atoms with van der Waals surface area (Å²) < 4.78 is 0. The van der Waals surface area contributed by atoms with Gasteiger partial charge in [-0.3, -0.25) is 0 Å². The molecule has 1 aliphatic rings. The summed E-state index contributed by atoms with van der Waals surface area (Å²) in [6, 6.07) is 0. The van der Waals surface area contributed by atoms with Crippen LogP contribution in [0.5, 0.6) is 0 Å². The average Bonchev–Trinajstić information content (AvgIpc) is 2.88. The van der Waals surface area contributed by atoms with Gasteiger partial charge in [0.25, 0.3) is 0 Å². The van der Waals surface area contributed by atoms with Crippen LogP contribution in [0.1, 0.15) is 66.2 Å². The van der Waals surface area contributed by atoms with Gasteiger partial charge < -0.3 is 0 Å². The highest BCUT2D eigenvalue weighted by Gasteiger charge is 2.33. The minimum Gasteiger partial charge on any atom is -0.0683 e. The maximum Gasteiger partial charge on any atom is -0.0383 e. The molecule has 1 aliphatic carbocycles. The predicted molar refractivity (Wildman–Crippen MR) is 57.4 cm³/mol. The maximum atomic E-state index is 2.32. The van der Waals surface area contributed by atoms with Gasteiger partial charge in [0.15, 0.2) is 0 Å². The van der Waals surface area contributed by atoms with E-state index >= 15 is 0 Å². The summed E-state index contributed by atoms with van der Waals surface area (Å²) in [4.78, 5) is 0. The molecule has 0 amide bonds. The van der Waals surface area contributed by atoms with Crippen molar-refractivity contribution in [2.45, 2.75) is 66.2 Å². The molecule has 0 spiro atoms. The van der Waals surface area contributed by atoms with E-state index in [0.717, 1.165) is 11.8 Å². The summed E-state index contributed by atoms with van der Waals surface area (Å²) in [5.74, 6) is 2.26. The molecule has 0 radical (unpaired) electrons. The highest BCUT2D eigenvalue weighted by atomic mass is 14.4. The Hall–Kier alpha value is 0. The average molecular weight is 170 g/mol. The summed E-state index contributed by atoms with van der Waals surface area (Å²) in [7, 11) is 0. The van der Waals surface area contributed by atoms with Gasteiger partial charge in [-0.15, -0.1) is 0 Å². The fourth-order valence-electron chi connectivity index (χ4n) is 1.82. The molecule has 0 nitrogen and oxygen atoms in total. The van der Waals surface area contributed by atoms with Gasteiger partial charge in [0.1, 0.15) is 0 Å². The zero-order valence-corrected chi connectivity index (χ0v) is 9.40. The molecule has 0 aromatic carbocycles. The molecule has 0 aromatic heterocycles. The number of unbranched alkanes of at least 4 members (excludes halogenated alkanes) is 2. The third-order valence-corrected chi connectivity index (χ3v) is 2.77. The molecule has 0 saturated heterocycles. The normalized spacial score (nSPS) is 26.0. The van der Waals surface area contributed by atoms with Crippen LogP contribution < -0.4 is 0 Å². The summed E-state index contributed by atoms with van der Waals surface area (Å²) in [6.07, 6.45) is 8.80. The van der Waals surface area contributed by atoms with E-state index < -0.39 is 0 Å². The molecule has 0 heteroatoms. The van der Waals surface area contributed by atoms with E-state index in [1.54, 1.807) is 6.42 Å². The van der Waals surface area contributed by atoms with Crippen LogP contribution in [0.3, 0.4) is 0 Å². The third-order valence-electron chi connectivity index (χ3n) is 2.77. The number of rotatable bonds is 5. The third kappa shape index (κ3) is 4.79. The number of hydrogen-bond acceptors (Lipinski definition) is 0. The van der Waals surface area contributed by atoms with E-state index in [4.69, 9.17) is 0 Å². The summed E-state index contributed by atoms with van der Waals surface area (Å²) in [5, 5.41) is 0. The van der Waals surface area contributed by atoms with Crippen molar-refractivity contribution in [2.75, 3.05) is 0 Å². The lowest BCUT2D eigenvalue weighted by Gasteiger charge is -1.95. The van der Waals surface area contributed by atoms with Crippen LogP contribution in [0.25, 0.3) is 0 Å². The summed E-state index contributed by atoms with van der Waals surface area (Å²) in [5.41, 5.74) is 0. The molecular formula is C12H26. The monoisotopic (exact) mass is 170 g/mol. The van der Waals surface area contributed by atoms with E-state index in [1.807, 2.05) is 13.8 Å². The summed E-state index contributed by atoms with van der Waals surface area (Å²) in [6.45, 7) is 8.61. The first-order chi connectivity index (χ1) is 5.88. The molecule has 0 heterocycles. The first-order valence-electron chi connectivity index (χ1n) is 5.88. The second kappa shape index (κ2) is 7.64. The minimum absolute atomic E-state index is 1.12. The van der Waals surface area contributed by atoms with Crippen molar-refractivity contribution in [1.82, 2.24) is 0 Å². The topological polar surface area (TPSA) is 0 Å². The van der Waals surface area contributed by atoms with Crippen LogP contribution in [-0.2, 0) is 0 Å². The Morgan fingerprint density at radius 2 is 1.67 bits per heavy atom. The molecule has 0 bridgehead atoms. The Bertz CT molecular complexity index is 86.0. The molecular weight excluding hydrogens is 144 g/mol. The molecule has 12 heavy (non-hydrogen) atoms. The molecule has 2 unspecified atom stereocenters.